The van der Waals surface area contributed by atoms with Crippen LogP contribution < -0.4 is 5.32 Å². The van der Waals surface area contributed by atoms with Crippen molar-refractivity contribution in [2.24, 2.45) is 7.05 Å². The zero-order chi connectivity index (χ0) is 12.2. The van der Waals surface area contributed by atoms with E-state index < -0.39 is 10.8 Å². The summed E-state index contributed by atoms with van der Waals surface area (Å²) in [5.74, 6) is 0.691. The first-order chi connectivity index (χ1) is 7.39. The molecule has 1 aromatic heterocycles. The molecule has 0 aromatic carbocycles. The summed E-state index contributed by atoms with van der Waals surface area (Å²) < 4.78 is 13.4. The van der Waals surface area contributed by atoms with Crippen LogP contribution in [-0.4, -0.2) is 31.0 Å². The van der Waals surface area contributed by atoms with Crippen molar-refractivity contribution in [1.82, 2.24) is 15.1 Å². The number of aromatic nitrogens is 2. The zero-order valence-electron chi connectivity index (χ0n) is 10.5. The molecule has 0 radical (unpaired) electrons. The van der Waals surface area contributed by atoms with Crippen LogP contribution in [0.15, 0.2) is 12.3 Å². The molecular formula is C11H21N3OS. The van der Waals surface area contributed by atoms with Gasteiger partial charge in [-0.2, -0.15) is 5.10 Å². The molecule has 0 spiro atoms. The van der Waals surface area contributed by atoms with Crippen LogP contribution in [0.1, 0.15) is 26.5 Å². The van der Waals surface area contributed by atoms with Gasteiger partial charge in [-0.05, 0) is 26.8 Å². The SMILES string of the molecule is Cn1ccc(CNCCS(=O)C(C)(C)C)n1. The lowest BCUT2D eigenvalue weighted by Gasteiger charge is -2.17. The number of nitrogens with one attached hydrogen (secondary N) is 1. The van der Waals surface area contributed by atoms with Crippen LogP contribution in [0, 0.1) is 0 Å². The number of nitrogens with zero attached hydrogens (tertiary/aromatic N) is 2. The number of rotatable bonds is 5. The van der Waals surface area contributed by atoms with E-state index in [4.69, 9.17) is 0 Å². The summed E-state index contributed by atoms with van der Waals surface area (Å²) in [6.45, 7) is 7.51. The summed E-state index contributed by atoms with van der Waals surface area (Å²) >= 11 is 0. The highest BCUT2D eigenvalue weighted by Crippen LogP contribution is 2.10. The number of hydrogen-bond donors (Lipinski definition) is 1. The minimum atomic E-state index is -0.778. The van der Waals surface area contributed by atoms with E-state index in [1.165, 1.54) is 0 Å². The summed E-state index contributed by atoms with van der Waals surface area (Å²) in [6, 6.07) is 1.98. The molecule has 5 heteroatoms. The molecular weight excluding hydrogens is 222 g/mol. The molecule has 1 atom stereocenters. The van der Waals surface area contributed by atoms with Crippen LogP contribution in [0.25, 0.3) is 0 Å². The summed E-state index contributed by atoms with van der Waals surface area (Å²) in [7, 11) is 1.12. The minimum absolute atomic E-state index is 0.118. The normalized spacial score (nSPS) is 14.0. The fraction of sp³-hybridized carbons (Fsp3) is 0.727. The second-order valence-electron chi connectivity index (χ2n) is 4.82. The number of aryl methyl sites for hydroxylation is 1. The highest BCUT2D eigenvalue weighted by Gasteiger charge is 2.18. The van der Waals surface area contributed by atoms with Gasteiger partial charge in [-0.1, -0.05) is 0 Å². The molecule has 0 aliphatic rings. The minimum Gasteiger partial charge on any atom is -0.310 e. The lowest BCUT2D eigenvalue weighted by molar-refractivity contribution is 0.636. The van der Waals surface area contributed by atoms with Crippen molar-refractivity contribution in [3.8, 4) is 0 Å². The van der Waals surface area contributed by atoms with Crippen LogP contribution in [0.2, 0.25) is 0 Å². The Balaban J connectivity index is 2.20. The summed E-state index contributed by atoms with van der Waals surface area (Å²) in [6.07, 6.45) is 1.92. The Morgan fingerprint density at radius 2 is 2.19 bits per heavy atom. The van der Waals surface area contributed by atoms with Gasteiger partial charge in [0.1, 0.15) is 0 Å². The van der Waals surface area contributed by atoms with Gasteiger partial charge in [-0.25, -0.2) is 0 Å². The van der Waals surface area contributed by atoms with Gasteiger partial charge in [0.15, 0.2) is 0 Å². The first-order valence-electron chi connectivity index (χ1n) is 5.47. The van der Waals surface area contributed by atoms with E-state index in [0.29, 0.717) is 5.75 Å². The molecule has 1 aromatic rings. The van der Waals surface area contributed by atoms with Crippen molar-refractivity contribution in [2.45, 2.75) is 32.1 Å². The summed E-state index contributed by atoms with van der Waals surface area (Å²) in [4.78, 5) is 0. The van der Waals surface area contributed by atoms with Gasteiger partial charge in [-0.3, -0.25) is 8.89 Å². The third kappa shape index (κ3) is 4.45. The lowest BCUT2D eigenvalue weighted by atomic mass is 10.3. The third-order valence-corrected chi connectivity index (χ3v) is 4.16. The highest BCUT2D eigenvalue weighted by atomic mass is 32.2. The van der Waals surface area contributed by atoms with E-state index in [-0.39, 0.29) is 4.75 Å². The van der Waals surface area contributed by atoms with Crippen LogP contribution in [0.4, 0.5) is 0 Å². The molecule has 0 saturated carbocycles. The van der Waals surface area contributed by atoms with E-state index in [1.807, 2.05) is 40.1 Å². The van der Waals surface area contributed by atoms with Crippen molar-refractivity contribution in [1.29, 1.82) is 0 Å². The average Bonchev–Trinajstić information content (AvgIpc) is 2.57. The van der Waals surface area contributed by atoms with E-state index in [1.54, 1.807) is 4.68 Å². The first-order valence-corrected chi connectivity index (χ1v) is 6.79. The van der Waals surface area contributed by atoms with Gasteiger partial charge in [0.2, 0.25) is 0 Å². The molecule has 1 N–H and O–H groups in total. The zero-order valence-corrected chi connectivity index (χ0v) is 11.3. The van der Waals surface area contributed by atoms with Crippen LogP contribution >= 0.6 is 0 Å². The fourth-order valence-electron chi connectivity index (χ4n) is 1.24. The topological polar surface area (TPSA) is 46.9 Å². The van der Waals surface area contributed by atoms with Crippen molar-refractivity contribution in [3.05, 3.63) is 18.0 Å². The quantitative estimate of drug-likeness (QED) is 0.787. The fourth-order valence-corrected chi connectivity index (χ4v) is 2.19. The molecule has 0 bridgehead atoms. The largest absolute Gasteiger partial charge is 0.310 e. The molecule has 0 amide bonds. The summed E-state index contributed by atoms with van der Waals surface area (Å²) in [5, 5.41) is 7.50. The maximum absolute atomic E-state index is 11.7. The molecule has 0 saturated heterocycles. The average molecular weight is 243 g/mol. The molecule has 92 valence electrons. The van der Waals surface area contributed by atoms with Gasteiger partial charge in [0.05, 0.1) is 5.69 Å². The smallest absolute Gasteiger partial charge is 0.0762 e. The Labute approximate surface area is 99.9 Å². The molecule has 0 aliphatic heterocycles. The Kier molecular flexibility index (Phi) is 4.68. The molecule has 4 nitrogen and oxygen atoms in total. The Morgan fingerprint density at radius 1 is 1.50 bits per heavy atom. The Bertz CT molecular complexity index is 354. The molecule has 1 rings (SSSR count). The van der Waals surface area contributed by atoms with Gasteiger partial charge >= 0.3 is 0 Å². The second-order valence-corrected chi connectivity index (χ2v) is 7.14. The molecule has 0 aliphatic carbocycles. The van der Waals surface area contributed by atoms with Gasteiger partial charge < -0.3 is 5.32 Å². The Morgan fingerprint density at radius 3 is 2.69 bits per heavy atom. The highest BCUT2D eigenvalue weighted by molar-refractivity contribution is 7.86. The van der Waals surface area contributed by atoms with Gasteiger partial charge in [0, 0.05) is 47.6 Å². The number of hydrogen-bond acceptors (Lipinski definition) is 3. The van der Waals surface area contributed by atoms with E-state index in [0.717, 1.165) is 18.8 Å². The molecule has 16 heavy (non-hydrogen) atoms. The monoisotopic (exact) mass is 243 g/mol. The van der Waals surface area contributed by atoms with Crippen molar-refractivity contribution < 1.29 is 4.21 Å². The van der Waals surface area contributed by atoms with Gasteiger partial charge in [0.25, 0.3) is 0 Å². The van der Waals surface area contributed by atoms with Crippen molar-refractivity contribution >= 4 is 10.8 Å². The van der Waals surface area contributed by atoms with Crippen LogP contribution in [0.3, 0.4) is 0 Å². The molecule has 0 fully saturated rings. The maximum atomic E-state index is 11.7. The Hall–Kier alpha value is -0.680. The van der Waals surface area contributed by atoms with Crippen molar-refractivity contribution in [3.63, 3.8) is 0 Å². The van der Waals surface area contributed by atoms with Gasteiger partial charge in [-0.15, -0.1) is 0 Å². The molecule has 1 unspecified atom stereocenters. The summed E-state index contributed by atoms with van der Waals surface area (Å²) in [5.41, 5.74) is 1.02. The van der Waals surface area contributed by atoms with E-state index in [2.05, 4.69) is 10.4 Å². The third-order valence-electron chi connectivity index (χ3n) is 2.22. The first kappa shape index (κ1) is 13.4. The lowest BCUT2D eigenvalue weighted by Crippen LogP contribution is -2.29. The van der Waals surface area contributed by atoms with Crippen LogP contribution in [-0.2, 0) is 24.4 Å². The predicted molar refractivity (Wildman–Crippen MR) is 67.7 cm³/mol. The van der Waals surface area contributed by atoms with E-state index in [9.17, 15) is 4.21 Å². The standard InChI is InChI=1S/C11H21N3OS/c1-11(2,3)16(15)8-6-12-9-10-5-7-14(4)13-10/h5,7,12H,6,8-9H2,1-4H3. The predicted octanol–water partition coefficient (Wildman–Crippen LogP) is 1.06. The van der Waals surface area contributed by atoms with E-state index >= 15 is 0 Å². The van der Waals surface area contributed by atoms with Crippen LogP contribution in [0.5, 0.6) is 0 Å². The second kappa shape index (κ2) is 5.59. The maximum Gasteiger partial charge on any atom is 0.0762 e. The molecule has 1 heterocycles. The van der Waals surface area contributed by atoms with Crippen molar-refractivity contribution in [2.75, 3.05) is 12.3 Å².